The fourth-order valence-corrected chi connectivity index (χ4v) is 3.36. The quantitative estimate of drug-likeness (QED) is 0.325. The van der Waals surface area contributed by atoms with Crippen LogP contribution >= 0.6 is 11.6 Å². The molecule has 0 radical (unpaired) electrons. The Bertz CT molecular complexity index is 1340. The summed E-state index contributed by atoms with van der Waals surface area (Å²) in [7, 11) is 0. The zero-order valence-electron chi connectivity index (χ0n) is 17.4. The minimum Gasteiger partial charge on any atom is -0.464 e. The SMILES string of the molecule is O=C(O)Nn1nc(-c2ccc(Cl)cc2)c(-c2ccccc2)c1C(=O)NNC(=O)c1ccncc1. The van der Waals surface area contributed by atoms with Gasteiger partial charge >= 0.3 is 6.09 Å². The number of nitrogens with one attached hydrogen (secondary N) is 3. The Morgan fingerprint density at radius 3 is 2.12 bits per heavy atom. The number of nitrogens with zero attached hydrogens (tertiary/aromatic N) is 3. The first-order chi connectivity index (χ1) is 16.4. The number of rotatable bonds is 5. The molecule has 0 spiro atoms. The van der Waals surface area contributed by atoms with Gasteiger partial charge in [0.05, 0.1) is 0 Å². The van der Waals surface area contributed by atoms with Crippen molar-refractivity contribution in [2.45, 2.75) is 0 Å². The summed E-state index contributed by atoms with van der Waals surface area (Å²) in [5.74, 6) is -1.37. The number of aromatic nitrogens is 3. The first kappa shape index (κ1) is 22.5. The van der Waals surface area contributed by atoms with E-state index < -0.39 is 17.9 Å². The minimum atomic E-state index is -1.43. The Balaban J connectivity index is 1.79. The van der Waals surface area contributed by atoms with Crippen molar-refractivity contribution in [2.75, 3.05) is 5.43 Å². The third-order valence-electron chi connectivity index (χ3n) is 4.71. The molecule has 0 aliphatic rings. The van der Waals surface area contributed by atoms with Crippen molar-refractivity contribution in [3.63, 3.8) is 0 Å². The molecule has 3 amide bonds. The number of carboxylic acid groups (broad SMARTS) is 1. The number of carbonyl (C=O) groups excluding carboxylic acids is 2. The Kier molecular flexibility index (Phi) is 6.51. The van der Waals surface area contributed by atoms with Gasteiger partial charge in [-0.05, 0) is 29.8 Å². The van der Waals surface area contributed by atoms with Crippen LogP contribution in [-0.4, -0.2) is 37.9 Å². The van der Waals surface area contributed by atoms with E-state index in [-0.39, 0.29) is 11.3 Å². The van der Waals surface area contributed by atoms with Crippen LogP contribution < -0.4 is 16.3 Å². The molecule has 10 nitrogen and oxygen atoms in total. The molecule has 4 aromatic rings. The summed E-state index contributed by atoms with van der Waals surface area (Å²) >= 11 is 6.01. The molecule has 0 unspecified atom stereocenters. The van der Waals surface area contributed by atoms with Gasteiger partial charge in [0.1, 0.15) is 5.69 Å². The van der Waals surface area contributed by atoms with Gasteiger partial charge in [0, 0.05) is 34.1 Å². The molecular formula is C23H17ClN6O4. The summed E-state index contributed by atoms with van der Waals surface area (Å²) in [6, 6.07) is 18.5. The van der Waals surface area contributed by atoms with Crippen molar-refractivity contribution in [2.24, 2.45) is 0 Å². The van der Waals surface area contributed by atoms with Crippen molar-refractivity contribution < 1.29 is 19.5 Å². The van der Waals surface area contributed by atoms with Gasteiger partial charge in [-0.2, -0.15) is 9.89 Å². The van der Waals surface area contributed by atoms with Gasteiger partial charge in [0.25, 0.3) is 11.8 Å². The molecule has 0 bridgehead atoms. The average Bonchev–Trinajstić information content (AvgIpc) is 3.22. The van der Waals surface area contributed by atoms with Crippen LogP contribution in [0, 0.1) is 0 Å². The van der Waals surface area contributed by atoms with E-state index in [1.807, 2.05) is 0 Å². The van der Waals surface area contributed by atoms with Gasteiger partial charge in [0.15, 0.2) is 5.69 Å². The topological polar surface area (TPSA) is 138 Å². The van der Waals surface area contributed by atoms with Gasteiger partial charge in [-0.3, -0.25) is 25.4 Å². The van der Waals surface area contributed by atoms with Crippen LogP contribution in [0.5, 0.6) is 0 Å². The number of pyridine rings is 1. The number of hydrogen-bond acceptors (Lipinski definition) is 5. The summed E-state index contributed by atoms with van der Waals surface area (Å²) in [6.45, 7) is 0. The molecule has 0 saturated heterocycles. The molecule has 34 heavy (non-hydrogen) atoms. The lowest BCUT2D eigenvalue weighted by atomic mass is 9.98. The number of hydrogen-bond donors (Lipinski definition) is 4. The highest BCUT2D eigenvalue weighted by atomic mass is 35.5. The van der Waals surface area contributed by atoms with Crippen LogP contribution in [0.25, 0.3) is 22.4 Å². The van der Waals surface area contributed by atoms with Crippen LogP contribution in [0.15, 0.2) is 79.1 Å². The van der Waals surface area contributed by atoms with Crippen LogP contribution in [-0.2, 0) is 0 Å². The molecule has 0 saturated carbocycles. The second-order valence-corrected chi connectivity index (χ2v) is 7.35. The maximum atomic E-state index is 13.2. The maximum Gasteiger partial charge on any atom is 0.425 e. The van der Waals surface area contributed by atoms with E-state index >= 15 is 0 Å². The van der Waals surface area contributed by atoms with E-state index in [1.54, 1.807) is 54.6 Å². The predicted octanol–water partition coefficient (Wildman–Crippen LogP) is 3.56. The zero-order valence-corrected chi connectivity index (χ0v) is 18.2. The maximum absolute atomic E-state index is 13.2. The molecule has 0 atom stereocenters. The second kappa shape index (κ2) is 9.84. The van der Waals surface area contributed by atoms with Gasteiger partial charge in [-0.1, -0.05) is 54.1 Å². The Morgan fingerprint density at radius 2 is 1.47 bits per heavy atom. The van der Waals surface area contributed by atoms with Crippen molar-refractivity contribution in [1.29, 1.82) is 0 Å². The Morgan fingerprint density at radius 1 is 0.824 bits per heavy atom. The largest absolute Gasteiger partial charge is 0.464 e. The van der Waals surface area contributed by atoms with E-state index in [4.69, 9.17) is 11.6 Å². The molecular weight excluding hydrogens is 460 g/mol. The first-order valence-corrected chi connectivity index (χ1v) is 10.3. The van der Waals surface area contributed by atoms with Crippen molar-refractivity contribution >= 4 is 29.5 Å². The highest BCUT2D eigenvalue weighted by Gasteiger charge is 2.27. The number of hydrazine groups is 1. The number of halogens is 1. The smallest absolute Gasteiger partial charge is 0.425 e. The third kappa shape index (κ3) is 4.87. The number of carbonyl (C=O) groups is 3. The number of amides is 3. The van der Waals surface area contributed by atoms with Crippen molar-refractivity contribution in [3.05, 3.63) is 95.4 Å². The first-order valence-electron chi connectivity index (χ1n) is 9.89. The van der Waals surface area contributed by atoms with Crippen molar-refractivity contribution in [1.82, 2.24) is 25.7 Å². The molecule has 4 N–H and O–H groups in total. The van der Waals surface area contributed by atoms with E-state index in [0.717, 1.165) is 4.79 Å². The summed E-state index contributed by atoms with van der Waals surface area (Å²) < 4.78 is 0. The summed E-state index contributed by atoms with van der Waals surface area (Å²) in [5, 5.41) is 14.2. The molecule has 4 rings (SSSR count). The standard InChI is InChI=1S/C23H17ClN6O4/c24-17-8-6-15(7-9-17)19-18(14-4-2-1-3-5-14)20(30(28-19)29-23(33)34)22(32)27-26-21(31)16-10-12-25-13-11-16/h1-13,29H,(H,26,31)(H,27,32)(H,33,34). The highest BCUT2D eigenvalue weighted by Crippen LogP contribution is 2.34. The summed E-state index contributed by atoms with van der Waals surface area (Å²) in [5.41, 5.74) is 8.78. The van der Waals surface area contributed by atoms with Gasteiger partial charge in [0.2, 0.25) is 0 Å². The van der Waals surface area contributed by atoms with E-state index in [1.165, 1.54) is 24.5 Å². The van der Waals surface area contributed by atoms with Gasteiger partial charge < -0.3 is 5.11 Å². The lowest BCUT2D eigenvalue weighted by Crippen LogP contribution is -2.43. The average molecular weight is 477 g/mol. The van der Waals surface area contributed by atoms with Gasteiger partial charge in [-0.25, -0.2) is 10.2 Å². The summed E-state index contributed by atoms with van der Waals surface area (Å²) in [4.78, 5) is 41.7. The fraction of sp³-hybridized carbons (Fsp3) is 0. The third-order valence-corrected chi connectivity index (χ3v) is 4.97. The van der Waals surface area contributed by atoms with Crippen LogP contribution in [0.2, 0.25) is 5.02 Å². The number of benzene rings is 2. The van der Waals surface area contributed by atoms with Crippen molar-refractivity contribution in [3.8, 4) is 22.4 Å². The Labute approximate surface area is 198 Å². The van der Waals surface area contributed by atoms with Crippen LogP contribution in [0.3, 0.4) is 0 Å². The minimum absolute atomic E-state index is 0.131. The molecule has 0 aliphatic carbocycles. The lowest BCUT2D eigenvalue weighted by Gasteiger charge is -2.11. The molecule has 0 aliphatic heterocycles. The van der Waals surface area contributed by atoms with E-state index in [9.17, 15) is 19.5 Å². The lowest BCUT2D eigenvalue weighted by molar-refractivity contribution is 0.0841. The van der Waals surface area contributed by atoms with E-state index in [2.05, 4.69) is 26.4 Å². The van der Waals surface area contributed by atoms with E-state index in [0.29, 0.717) is 27.4 Å². The molecule has 170 valence electrons. The molecule has 2 heterocycles. The highest BCUT2D eigenvalue weighted by molar-refractivity contribution is 6.30. The predicted molar refractivity (Wildman–Crippen MR) is 125 cm³/mol. The molecule has 2 aromatic heterocycles. The Hall–Kier alpha value is -4.70. The zero-order chi connectivity index (χ0) is 24.1. The van der Waals surface area contributed by atoms with Crippen LogP contribution in [0.4, 0.5) is 4.79 Å². The summed E-state index contributed by atoms with van der Waals surface area (Å²) in [6.07, 6.45) is 1.45. The fourth-order valence-electron chi connectivity index (χ4n) is 3.24. The molecule has 2 aromatic carbocycles. The monoisotopic (exact) mass is 476 g/mol. The molecule has 0 fully saturated rings. The molecule has 11 heteroatoms. The van der Waals surface area contributed by atoms with Gasteiger partial charge in [-0.15, -0.1) is 0 Å². The second-order valence-electron chi connectivity index (χ2n) is 6.92. The van der Waals surface area contributed by atoms with Crippen LogP contribution in [0.1, 0.15) is 20.8 Å². The normalized spacial score (nSPS) is 10.4.